The lowest BCUT2D eigenvalue weighted by Gasteiger charge is -2.07. The number of hydrogen-bond donors (Lipinski definition) is 2. The summed E-state index contributed by atoms with van der Waals surface area (Å²) in [5.41, 5.74) is 7.37. The molecule has 0 bridgehead atoms. The number of carbonyl (C=O) groups is 1. The number of anilines is 1. The number of pyridine rings is 1. The van der Waals surface area contributed by atoms with Gasteiger partial charge in [-0.15, -0.1) is 0 Å². The molecular formula is C15H17N3O2. The van der Waals surface area contributed by atoms with Gasteiger partial charge in [0.25, 0.3) is 5.91 Å². The Morgan fingerprint density at radius 3 is 2.55 bits per heavy atom. The minimum absolute atomic E-state index is 0.000261. The topological polar surface area (TPSA) is 77.2 Å². The molecule has 1 aromatic carbocycles. The lowest BCUT2D eigenvalue weighted by atomic mass is 10.2. The zero-order valence-corrected chi connectivity index (χ0v) is 11.1. The van der Waals surface area contributed by atoms with Crippen LogP contribution in [0.3, 0.4) is 0 Å². The molecule has 0 spiro atoms. The SMILES string of the molecule is Nc1ccc(OCC(=O)NCCc2ccncc2)cc1. The first-order valence-electron chi connectivity index (χ1n) is 6.38. The van der Waals surface area contributed by atoms with Crippen molar-refractivity contribution in [1.82, 2.24) is 10.3 Å². The maximum Gasteiger partial charge on any atom is 0.257 e. The van der Waals surface area contributed by atoms with E-state index in [4.69, 9.17) is 10.5 Å². The Morgan fingerprint density at radius 1 is 1.15 bits per heavy atom. The number of nitrogens with one attached hydrogen (secondary N) is 1. The van der Waals surface area contributed by atoms with Gasteiger partial charge in [0.2, 0.25) is 0 Å². The highest BCUT2D eigenvalue weighted by molar-refractivity contribution is 5.77. The van der Waals surface area contributed by atoms with Crippen LogP contribution < -0.4 is 15.8 Å². The first-order chi connectivity index (χ1) is 9.74. The highest BCUT2D eigenvalue weighted by Crippen LogP contribution is 2.12. The Kier molecular flexibility index (Phi) is 4.94. The molecule has 2 rings (SSSR count). The Balaban J connectivity index is 1.67. The van der Waals surface area contributed by atoms with Gasteiger partial charge >= 0.3 is 0 Å². The number of carbonyl (C=O) groups excluding carboxylic acids is 1. The molecule has 5 heteroatoms. The van der Waals surface area contributed by atoms with Gasteiger partial charge in [-0.2, -0.15) is 0 Å². The average Bonchev–Trinajstić information content (AvgIpc) is 2.48. The van der Waals surface area contributed by atoms with Crippen molar-refractivity contribution in [2.45, 2.75) is 6.42 Å². The quantitative estimate of drug-likeness (QED) is 0.779. The maximum atomic E-state index is 11.6. The maximum absolute atomic E-state index is 11.6. The van der Waals surface area contributed by atoms with Gasteiger partial charge in [-0.05, 0) is 48.4 Å². The van der Waals surface area contributed by atoms with Crippen molar-refractivity contribution in [2.75, 3.05) is 18.9 Å². The molecule has 1 heterocycles. The lowest BCUT2D eigenvalue weighted by molar-refractivity contribution is -0.123. The van der Waals surface area contributed by atoms with E-state index in [0.29, 0.717) is 18.0 Å². The van der Waals surface area contributed by atoms with E-state index in [9.17, 15) is 4.79 Å². The van der Waals surface area contributed by atoms with Crippen molar-refractivity contribution in [3.8, 4) is 5.75 Å². The Morgan fingerprint density at radius 2 is 1.85 bits per heavy atom. The van der Waals surface area contributed by atoms with E-state index in [1.165, 1.54) is 0 Å². The number of benzene rings is 1. The number of nitrogens with two attached hydrogens (primary N) is 1. The third kappa shape index (κ3) is 4.61. The van der Waals surface area contributed by atoms with Crippen molar-refractivity contribution in [2.24, 2.45) is 0 Å². The summed E-state index contributed by atoms with van der Waals surface area (Å²) < 4.78 is 5.35. The monoisotopic (exact) mass is 271 g/mol. The molecule has 104 valence electrons. The molecule has 20 heavy (non-hydrogen) atoms. The summed E-state index contributed by atoms with van der Waals surface area (Å²) in [4.78, 5) is 15.5. The predicted molar refractivity (Wildman–Crippen MR) is 77.3 cm³/mol. The Labute approximate surface area is 117 Å². The van der Waals surface area contributed by atoms with Crippen LogP contribution in [0.4, 0.5) is 5.69 Å². The summed E-state index contributed by atoms with van der Waals surface area (Å²) >= 11 is 0. The van der Waals surface area contributed by atoms with E-state index in [-0.39, 0.29) is 12.5 Å². The summed E-state index contributed by atoms with van der Waals surface area (Å²) in [7, 11) is 0. The molecule has 1 amide bonds. The van der Waals surface area contributed by atoms with Crippen LogP contribution in [0, 0.1) is 0 Å². The van der Waals surface area contributed by atoms with Crippen molar-refractivity contribution in [3.63, 3.8) is 0 Å². The fourth-order valence-electron chi connectivity index (χ4n) is 1.66. The average molecular weight is 271 g/mol. The summed E-state index contributed by atoms with van der Waals surface area (Å²) in [6.45, 7) is 0.578. The number of rotatable bonds is 6. The van der Waals surface area contributed by atoms with E-state index in [2.05, 4.69) is 10.3 Å². The number of aromatic nitrogens is 1. The minimum atomic E-state index is -0.143. The van der Waals surface area contributed by atoms with E-state index in [0.717, 1.165) is 12.0 Å². The van der Waals surface area contributed by atoms with Crippen LogP contribution in [0.25, 0.3) is 0 Å². The van der Waals surface area contributed by atoms with Crippen molar-refractivity contribution in [3.05, 3.63) is 54.4 Å². The molecule has 1 aromatic heterocycles. The van der Waals surface area contributed by atoms with Gasteiger partial charge in [0.05, 0.1) is 0 Å². The Bertz CT molecular complexity index is 541. The highest BCUT2D eigenvalue weighted by atomic mass is 16.5. The van der Waals surface area contributed by atoms with Gasteiger partial charge in [0, 0.05) is 24.6 Å². The largest absolute Gasteiger partial charge is 0.484 e. The van der Waals surface area contributed by atoms with E-state index in [1.807, 2.05) is 12.1 Å². The van der Waals surface area contributed by atoms with Crippen molar-refractivity contribution < 1.29 is 9.53 Å². The molecule has 0 atom stereocenters. The van der Waals surface area contributed by atoms with Gasteiger partial charge in [-0.3, -0.25) is 9.78 Å². The molecule has 0 fully saturated rings. The molecule has 5 nitrogen and oxygen atoms in total. The second-order valence-corrected chi connectivity index (χ2v) is 4.31. The number of nitrogens with zero attached hydrogens (tertiary/aromatic N) is 1. The Hall–Kier alpha value is -2.56. The van der Waals surface area contributed by atoms with E-state index < -0.39 is 0 Å². The molecule has 2 aromatic rings. The zero-order valence-electron chi connectivity index (χ0n) is 11.1. The van der Waals surface area contributed by atoms with Gasteiger partial charge in [-0.25, -0.2) is 0 Å². The summed E-state index contributed by atoms with van der Waals surface area (Å²) in [6, 6.07) is 10.8. The smallest absolute Gasteiger partial charge is 0.257 e. The zero-order chi connectivity index (χ0) is 14.2. The number of amides is 1. The molecule has 0 aliphatic heterocycles. The van der Waals surface area contributed by atoms with Crippen LogP contribution in [0.1, 0.15) is 5.56 Å². The van der Waals surface area contributed by atoms with E-state index in [1.54, 1.807) is 36.7 Å². The van der Waals surface area contributed by atoms with Crippen LogP contribution in [0.5, 0.6) is 5.75 Å². The fourth-order valence-corrected chi connectivity index (χ4v) is 1.66. The van der Waals surface area contributed by atoms with Crippen LogP contribution in [0.2, 0.25) is 0 Å². The van der Waals surface area contributed by atoms with Crippen LogP contribution in [-0.2, 0) is 11.2 Å². The molecule has 0 saturated carbocycles. The first-order valence-corrected chi connectivity index (χ1v) is 6.38. The van der Waals surface area contributed by atoms with Crippen LogP contribution in [0.15, 0.2) is 48.8 Å². The van der Waals surface area contributed by atoms with Gasteiger partial charge in [0.1, 0.15) is 5.75 Å². The third-order valence-electron chi connectivity index (χ3n) is 2.74. The molecule has 3 N–H and O–H groups in total. The molecule has 0 saturated heterocycles. The van der Waals surface area contributed by atoms with Gasteiger partial charge < -0.3 is 15.8 Å². The van der Waals surface area contributed by atoms with Crippen LogP contribution >= 0.6 is 0 Å². The van der Waals surface area contributed by atoms with E-state index >= 15 is 0 Å². The first kappa shape index (κ1) is 13.9. The predicted octanol–water partition coefficient (Wildman–Crippen LogP) is 1.40. The van der Waals surface area contributed by atoms with Gasteiger partial charge in [0.15, 0.2) is 6.61 Å². The third-order valence-corrected chi connectivity index (χ3v) is 2.74. The van der Waals surface area contributed by atoms with Gasteiger partial charge in [-0.1, -0.05) is 0 Å². The summed E-state index contributed by atoms with van der Waals surface area (Å²) in [5, 5.41) is 2.80. The second-order valence-electron chi connectivity index (χ2n) is 4.31. The molecule has 0 aliphatic carbocycles. The number of ether oxygens (including phenoxy) is 1. The van der Waals surface area contributed by atoms with Crippen molar-refractivity contribution >= 4 is 11.6 Å². The van der Waals surface area contributed by atoms with Crippen molar-refractivity contribution in [1.29, 1.82) is 0 Å². The normalized spacial score (nSPS) is 10.0. The number of nitrogen functional groups attached to an aromatic ring is 1. The fraction of sp³-hybridized carbons (Fsp3) is 0.200. The second kappa shape index (κ2) is 7.13. The number of hydrogen-bond acceptors (Lipinski definition) is 4. The van der Waals surface area contributed by atoms with Crippen LogP contribution in [-0.4, -0.2) is 24.0 Å². The molecule has 0 radical (unpaired) electrons. The summed E-state index contributed by atoms with van der Waals surface area (Å²) in [6.07, 6.45) is 4.25. The molecule has 0 unspecified atom stereocenters. The highest BCUT2D eigenvalue weighted by Gasteiger charge is 2.02. The molecule has 0 aliphatic rings. The lowest BCUT2D eigenvalue weighted by Crippen LogP contribution is -2.30. The minimum Gasteiger partial charge on any atom is -0.484 e. The standard InChI is InChI=1S/C15H17N3O2/c16-13-1-3-14(4-2-13)20-11-15(19)18-10-7-12-5-8-17-9-6-12/h1-6,8-9H,7,10-11,16H2,(H,18,19). The molecular weight excluding hydrogens is 254 g/mol. The summed E-state index contributed by atoms with van der Waals surface area (Å²) in [5.74, 6) is 0.486.